The quantitative estimate of drug-likeness (QED) is 0.0486. The van der Waals surface area contributed by atoms with E-state index in [4.69, 9.17) is 23.8 Å². The normalized spacial score (nSPS) is 24.7. The Hall–Kier alpha value is -4.88. The van der Waals surface area contributed by atoms with Gasteiger partial charge in [-0.1, -0.05) is 75.9 Å². The third kappa shape index (κ3) is 13.0. The summed E-state index contributed by atoms with van der Waals surface area (Å²) in [5.74, 6) is -4.19. The lowest BCUT2D eigenvalue weighted by Gasteiger charge is -2.48. The molecule has 0 spiro atoms. The molecule has 2 bridgehead atoms. The molecule has 3 N–H and O–H groups in total. The van der Waals surface area contributed by atoms with Gasteiger partial charge < -0.3 is 39.4 Å². The van der Waals surface area contributed by atoms with E-state index in [0.29, 0.717) is 29.5 Å². The number of esters is 3. The Bertz CT molecular complexity index is 2080. The Kier molecular flexibility index (Phi) is 16.9. The van der Waals surface area contributed by atoms with Gasteiger partial charge in [-0.05, 0) is 74.9 Å². The Balaban J connectivity index is 1.22. The topological polar surface area (TPSA) is 188 Å². The zero-order chi connectivity index (χ0) is 48.6. The average molecular weight is 944 g/mol. The number of hydrogen-bond acceptors (Lipinski definition) is 13. The number of unbranched alkanes of at least 4 members (excludes halogenated alkanes) is 4. The molecule has 4 aliphatic rings. The zero-order valence-corrected chi connectivity index (χ0v) is 38.9. The van der Waals surface area contributed by atoms with Crippen LogP contribution in [-0.4, -0.2) is 107 Å². The van der Waals surface area contributed by atoms with Crippen LogP contribution in [-0.2, 0) is 60.8 Å². The van der Waals surface area contributed by atoms with E-state index >= 15 is 0 Å². The summed E-state index contributed by atoms with van der Waals surface area (Å²) in [5, 5.41) is 17.2. The number of hydrogen-bond donors (Lipinski definition) is 3. The SMILES string of the molecule is CCCCCC1(CCCCC)O[C@@H]2[C@H](O1)[C@H]1ON(Cc3ccc(C=CC(=O)OCC(F)(F)F)cc3)[C@H]3C(=O)O[C@@H]2C[C@@]13C(=O)NCc1cccc(C(=O)N[C@H](CO)CCC(=O)OC(C)(C)C)c1. The second-order valence-corrected chi connectivity index (χ2v) is 18.9. The number of carbonyl (C=O) groups is 5. The van der Waals surface area contributed by atoms with Crippen LogP contribution in [0.4, 0.5) is 13.2 Å². The number of nitrogens with one attached hydrogen (secondary N) is 2. The Morgan fingerprint density at radius 2 is 1.64 bits per heavy atom. The summed E-state index contributed by atoms with van der Waals surface area (Å²) in [4.78, 5) is 73.5. The van der Waals surface area contributed by atoms with Gasteiger partial charge in [0.1, 0.15) is 35.4 Å². The summed E-state index contributed by atoms with van der Waals surface area (Å²) in [7, 11) is 0. The van der Waals surface area contributed by atoms with Crippen LogP contribution in [0.5, 0.6) is 0 Å². The molecule has 1 aliphatic carbocycles. The largest absolute Gasteiger partial charge is 0.460 e. The van der Waals surface area contributed by atoms with Gasteiger partial charge in [-0.3, -0.25) is 24.0 Å². The Labute approximate surface area is 389 Å². The minimum absolute atomic E-state index is 0.00579. The van der Waals surface area contributed by atoms with Crippen molar-refractivity contribution in [3.05, 3.63) is 76.9 Å². The van der Waals surface area contributed by atoms with E-state index in [1.807, 2.05) is 0 Å². The minimum atomic E-state index is -4.65. The number of carbonyl (C=O) groups excluding carboxylic acids is 5. The number of fused-ring (bicyclic) bond motifs is 4. The molecule has 15 nitrogen and oxygen atoms in total. The summed E-state index contributed by atoms with van der Waals surface area (Å²) in [6, 6.07) is 11.4. The number of ether oxygens (including phenoxy) is 5. The van der Waals surface area contributed by atoms with E-state index in [2.05, 4.69) is 29.2 Å². The van der Waals surface area contributed by atoms with E-state index in [1.165, 1.54) is 11.1 Å². The Morgan fingerprint density at radius 1 is 0.955 bits per heavy atom. The highest BCUT2D eigenvalue weighted by Crippen LogP contribution is 2.58. The van der Waals surface area contributed by atoms with E-state index in [-0.39, 0.29) is 37.9 Å². The third-order valence-electron chi connectivity index (χ3n) is 12.4. The second kappa shape index (κ2) is 22.0. The maximum Gasteiger partial charge on any atom is 0.422 e. The maximum absolute atomic E-state index is 15.0. The molecule has 368 valence electrons. The first-order valence-corrected chi connectivity index (χ1v) is 23.3. The summed E-state index contributed by atoms with van der Waals surface area (Å²) in [6.45, 7) is 7.39. The monoisotopic (exact) mass is 943 g/mol. The summed E-state index contributed by atoms with van der Waals surface area (Å²) in [6.07, 6.45) is 1.38. The van der Waals surface area contributed by atoms with Crippen LogP contribution in [0.1, 0.15) is 132 Å². The van der Waals surface area contributed by atoms with Crippen molar-refractivity contribution in [3.8, 4) is 0 Å². The van der Waals surface area contributed by atoms with Gasteiger partial charge in [-0.2, -0.15) is 18.2 Å². The van der Waals surface area contributed by atoms with Crippen molar-refractivity contribution in [2.45, 2.75) is 172 Å². The lowest BCUT2D eigenvalue weighted by molar-refractivity contribution is -0.224. The molecule has 0 unspecified atom stereocenters. The molecule has 0 aromatic heterocycles. The molecule has 3 saturated heterocycles. The fourth-order valence-electron chi connectivity index (χ4n) is 9.31. The number of aliphatic hydroxyl groups is 1. The number of alkyl halides is 3. The third-order valence-corrected chi connectivity index (χ3v) is 12.4. The number of amides is 2. The van der Waals surface area contributed by atoms with Gasteiger partial charge in [0.25, 0.3) is 5.91 Å². The van der Waals surface area contributed by atoms with Crippen molar-refractivity contribution in [1.29, 1.82) is 0 Å². The standard InChI is InChI=1S/C49H64F3N3O12/c1-6-8-10-23-47(24-11-9-7-2)65-39-36-26-48(45(61)53-27-33-13-12-14-34(25-33)43(59)54-35(29-56)20-22-38(58)64-46(3,4)5)41(44(60)63-36)55(67-42(48)40(39)66-47)28-32-17-15-31(16-18-32)19-21-37(57)62-30-49(50,51)52/h12-19,21,25,35-36,39-42,56H,6-11,20,22-24,26-30H2,1-5H3,(H,53,61)(H,54,59)/t35-,36+,39-,40-,41-,42+,48-/m0/s1. The molecule has 18 heteroatoms. The summed E-state index contributed by atoms with van der Waals surface area (Å²) < 4.78 is 67.0. The summed E-state index contributed by atoms with van der Waals surface area (Å²) >= 11 is 0. The van der Waals surface area contributed by atoms with Crippen LogP contribution < -0.4 is 10.6 Å². The first-order chi connectivity index (χ1) is 31.8. The first kappa shape index (κ1) is 51.5. The van der Waals surface area contributed by atoms with Gasteiger partial charge in [0.15, 0.2) is 18.4 Å². The van der Waals surface area contributed by atoms with Gasteiger partial charge in [-0.25, -0.2) is 4.79 Å². The van der Waals surface area contributed by atoms with Crippen molar-refractivity contribution < 1.29 is 70.8 Å². The van der Waals surface area contributed by atoms with Crippen LogP contribution in [0.3, 0.4) is 0 Å². The number of halogens is 3. The van der Waals surface area contributed by atoms with Crippen molar-refractivity contribution >= 4 is 35.8 Å². The molecule has 7 atom stereocenters. The number of nitrogens with zero attached hydrogens (tertiary/aromatic N) is 1. The lowest BCUT2D eigenvalue weighted by Crippen LogP contribution is -2.69. The highest BCUT2D eigenvalue weighted by atomic mass is 19.4. The number of aliphatic hydroxyl groups excluding tert-OH is 1. The van der Waals surface area contributed by atoms with Crippen molar-refractivity contribution in [3.63, 3.8) is 0 Å². The lowest BCUT2D eigenvalue weighted by atomic mass is 9.62. The highest BCUT2D eigenvalue weighted by molar-refractivity contribution is 5.95. The molecule has 1 saturated carbocycles. The minimum Gasteiger partial charge on any atom is -0.460 e. The second-order valence-electron chi connectivity index (χ2n) is 18.9. The Morgan fingerprint density at radius 3 is 2.28 bits per heavy atom. The molecule has 2 aromatic rings. The van der Waals surface area contributed by atoms with Crippen LogP contribution in [0.25, 0.3) is 6.08 Å². The molecule has 3 heterocycles. The predicted molar refractivity (Wildman–Crippen MR) is 236 cm³/mol. The maximum atomic E-state index is 15.0. The van der Waals surface area contributed by atoms with E-state index < -0.39 is 102 Å². The van der Waals surface area contributed by atoms with Crippen LogP contribution in [0.15, 0.2) is 54.6 Å². The van der Waals surface area contributed by atoms with Crippen LogP contribution >= 0.6 is 0 Å². The van der Waals surface area contributed by atoms with Gasteiger partial charge in [0.05, 0.1) is 19.2 Å². The molecule has 6 rings (SSSR count). The molecule has 67 heavy (non-hydrogen) atoms. The van der Waals surface area contributed by atoms with Crippen LogP contribution in [0.2, 0.25) is 0 Å². The summed E-state index contributed by atoms with van der Waals surface area (Å²) in [5.41, 5.74) is -0.180. The molecular weight excluding hydrogens is 880 g/mol. The number of hydroxylamine groups is 2. The number of rotatable bonds is 22. The van der Waals surface area contributed by atoms with Crippen molar-refractivity contribution in [1.82, 2.24) is 15.7 Å². The zero-order valence-electron chi connectivity index (χ0n) is 38.9. The van der Waals surface area contributed by atoms with Crippen molar-refractivity contribution in [2.24, 2.45) is 5.41 Å². The molecule has 4 fully saturated rings. The fraction of sp³-hybridized carbons (Fsp3) is 0.612. The molecule has 2 aromatic carbocycles. The van der Waals surface area contributed by atoms with Crippen molar-refractivity contribution in [2.75, 3.05) is 13.2 Å². The molecule has 2 amide bonds. The molecule has 0 radical (unpaired) electrons. The molecular formula is C49H64F3N3O12. The highest BCUT2D eigenvalue weighted by Gasteiger charge is 2.76. The van der Waals surface area contributed by atoms with Gasteiger partial charge in [0.2, 0.25) is 5.91 Å². The van der Waals surface area contributed by atoms with E-state index in [1.54, 1.807) is 69.3 Å². The average Bonchev–Trinajstić information content (AvgIpc) is 3.83. The van der Waals surface area contributed by atoms with Gasteiger partial charge in [0, 0.05) is 43.9 Å². The van der Waals surface area contributed by atoms with Gasteiger partial charge in [-0.15, -0.1) is 0 Å². The fourth-order valence-corrected chi connectivity index (χ4v) is 9.31. The number of benzene rings is 2. The first-order valence-electron chi connectivity index (χ1n) is 23.3. The van der Waals surface area contributed by atoms with E-state index in [9.17, 15) is 42.3 Å². The van der Waals surface area contributed by atoms with Gasteiger partial charge >= 0.3 is 24.1 Å². The predicted octanol–water partition coefficient (Wildman–Crippen LogP) is 6.78. The smallest absolute Gasteiger partial charge is 0.422 e. The molecule has 3 aliphatic heterocycles. The van der Waals surface area contributed by atoms with Crippen LogP contribution in [0, 0.1) is 5.41 Å². The van der Waals surface area contributed by atoms with E-state index in [0.717, 1.165) is 44.6 Å².